The Bertz CT molecular complexity index is 403. The number of likely N-dealkylation sites (tertiary alicyclic amines) is 2. The lowest BCUT2D eigenvalue weighted by atomic mass is 10.0. The third-order valence-corrected chi connectivity index (χ3v) is 4.98. The van der Waals surface area contributed by atoms with Crippen molar-refractivity contribution in [1.82, 2.24) is 15.1 Å². The summed E-state index contributed by atoms with van der Waals surface area (Å²) in [5.74, 6) is -0.504. The lowest BCUT2D eigenvalue weighted by molar-refractivity contribution is -0.144. The van der Waals surface area contributed by atoms with Crippen LogP contribution in [0.5, 0.6) is 0 Å². The summed E-state index contributed by atoms with van der Waals surface area (Å²) in [6.45, 7) is 2.87. The van der Waals surface area contributed by atoms with Crippen LogP contribution in [-0.4, -0.2) is 71.1 Å². The first-order chi connectivity index (χ1) is 10.1. The van der Waals surface area contributed by atoms with Gasteiger partial charge in [-0.3, -0.25) is 14.5 Å². The summed E-state index contributed by atoms with van der Waals surface area (Å²) in [6, 6.07) is 0.579. The zero-order chi connectivity index (χ0) is 14.8. The fourth-order valence-corrected chi connectivity index (χ4v) is 3.57. The second-order valence-corrected chi connectivity index (χ2v) is 6.50. The van der Waals surface area contributed by atoms with Crippen LogP contribution < -0.4 is 5.32 Å². The second kappa shape index (κ2) is 6.32. The topological polar surface area (TPSA) is 72.9 Å². The number of piperidine rings is 1. The quantitative estimate of drug-likeness (QED) is 0.762. The predicted octanol–water partition coefficient (Wildman–Crippen LogP) is 0.278. The van der Waals surface area contributed by atoms with Crippen molar-refractivity contribution < 1.29 is 14.7 Å². The molecule has 1 amide bonds. The van der Waals surface area contributed by atoms with E-state index in [2.05, 4.69) is 10.2 Å². The van der Waals surface area contributed by atoms with Gasteiger partial charge in [-0.1, -0.05) is 0 Å². The van der Waals surface area contributed by atoms with Gasteiger partial charge < -0.3 is 15.3 Å². The van der Waals surface area contributed by atoms with Crippen LogP contribution in [0.1, 0.15) is 38.5 Å². The van der Waals surface area contributed by atoms with E-state index in [1.54, 1.807) is 0 Å². The first-order valence-electron chi connectivity index (χ1n) is 8.15. The van der Waals surface area contributed by atoms with E-state index >= 15 is 0 Å². The van der Waals surface area contributed by atoms with Gasteiger partial charge in [0.1, 0.15) is 6.04 Å². The first-order valence-corrected chi connectivity index (χ1v) is 8.15. The smallest absolute Gasteiger partial charge is 0.320 e. The van der Waals surface area contributed by atoms with Gasteiger partial charge in [0.25, 0.3) is 0 Å². The number of rotatable bonds is 5. The third kappa shape index (κ3) is 3.55. The summed E-state index contributed by atoms with van der Waals surface area (Å²) in [5, 5.41) is 12.5. The van der Waals surface area contributed by atoms with Crippen LogP contribution in [0.2, 0.25) is 0 Å². The molecular formula is C15H25N3O3. The highest BCUT2D eigenvalue weighted by Crippen LogP contribution is 2.26. The highest BCUT2D eigenvalue weighted by Gasteiger charge is 2.37. The molecule has 2 heterocycles. The Labute approximate surface area is 125 Å². The van der Waals surface area contributed by atoms with Gasteiger partial charge in [-0.15, -0.1) is 0 Å². The molecule has 2 aliphatic heterocycles. The number of hydrogen-bond acceptors (Lipinski definition) is 4. The number of carbonyl (C=O) groups is 2. The molecule has 1 aliphatic carbocycles. The molecule has 2 saturated heterocycles. The van der Waals surface area contributed by atoms with Crippen LogP contribution in [0.4, 0.5) is 0 Å². The molecule has 1 saturated carbocycles. The second-order valence-electron chi connectivity index (χ2n) is 6.50. The van der Waals surface area contributed by atoms with Gasteiger partial charge in [0.15, 0.2) is 0 Å². The number of nitrogens with zero attached hydrogens (tertiary/aromatic N) is 2. The van der Waals surface area contributed by atoms with Gasteiger partial charge in [-0.2, -0.15) is 0 Å². The van der Waals surface area contributed by atoms with Crippen molar-refractivity contribution in [2.24, 2.45) is 0 Å². The number of carboxylic acids is 1. The van der Waals surface area contributed by atoms with E-state index < -0.39 is 5.97 Å². The molecule has 6 nitrogen and oxygen atoms in total. The van der Waals surface area contributed by atoms with E-state index in [0.29, 0.717) is 18.6 Å². The van der Waals surface area contributed by atoms with E-state index in [4.69, 9.17) is 0 Å². The minimum atomic E-state index is -0.695. The third-order valence-electron chi connectivity index (χ3n) is 4.98. The molecular weight excluding hydrogens is 270 g/mol. The molecule has 0 aromatic heterocycles. The number of hydrogen-bond donors (Lipinski definition) is 2. The molecule has 1 atom stereocenters. The standard InChI is InChI=1S/C15H25N3O3/c19-14(10-16-11-3-4-11)17-8-5-12(6-9-17)18-7-1-2-13(18)15(20)21/h11-13,16H,1-10H2,(H,20,21). The van der Waals surface area contributed by atoms with E-state index in [1.807, 2.05) is 4.90 Å². The largest absolute Gasteiger partial charge is 0.480 e. The summed E-state index contributed by atoms with van der Waals surface area (Å²) in [7, 11) is 0. The zero-order valence-electron chi connectivity index (χ0n) is 12.5. The number of carbonyl (C=O) groups excluding carboxylic acids is 1. The highest BCUT2D eigenvalue weighted by molar-refractivity contribution is 5.78. The SMILES string of the molecule is O=C(O)C1CCCN1C1CCN(C(=O)CNC2CC2)CC1. The minimum Gasteiger partial charge on any atom is -0.480 e. The molecule has 21 heavy (non-hydrogen) atoms. The van der Waals surface area contributed by atoms with E-state index in [9.17, 15) is 14.7 Å². The molecule has 0 radical (unpaired) electrons. The molecule has 3 aliphatic rings. The van der Waals surface area contributed by atoms with Crippen LogP contribution in [0.15, 0.2) is 0 Å². The Morgan fingerprint density at radius 3 is 2.38 bits per heavy atom. The molecule has 0 aromatic rings. The molecule has 6 heteroatoms. The van der Waals surface area contributed by atoms with Crippen LogP contribution in [-0.2, 0) is 9.59 Å². The summed E-state index contributed by atoms with van der Waals surface area (Å²) in [5.41, 5.74) is 0. The maximum atomic E-state index is 12.1. The van der Waals surface area contributed by atoms with Gasteiger partial charge in [-0.05, 0) is 45.1 Å². The van der Waals surface area contributed by atoms with Gasteiger partial charge >= 0.3 is 5.97 Å². The lowest BCUT2D eigenvalue weighted by Crippen LogP contribution is -2.51. The molecule has 0 aromatic carbocycles. The average molecular weight is 295 g/mol. The molecule has 118 valence electrons. The molecule has 3 fully saturated rings. The summed E-state index contributed by atoms with van der Waals surface area (Å²) < 4.78 is 0. The molecule has 0 spiro atoms. The Morgan fingerprint density at radius 1 is 1.05 bits per heavy atom. The predicted molar refractivity (Wildman–Crippen MR) is 78.0 cm³/mol. The summed E-state index contributed by atoms with van der Waals surface area (Å²) in [6.07, 6.45) is 5.93. The van der Waals surface area contributed by atoms with E-state index in [-0.39, 0.29) is 11.9 Å². The number of amides is 1. The number of aliphatic carboxylic acids is 1. The van der Waals surface area contributed by atoms with Crippen LogP contribution in [0, 0.1) is 0 Å². The minimum absolute atomic E-state index is 0.191. The number of nitrogens with one attached hydrogen (secondary N) is 1. The fraction of sp³-hybridized carbons (Fsp3) is 0.867. The van der Waals surface area contributed by atoms with Crippen molar-refractivity contribution in [2.75, 3.05) is 26.2 Å². The highest BCUT2D eigenvalue weighted by atomic mass is 16.4. The summed E-state index contributed by atoms with van der Waals surface area (Å²) in [4.78, 5) is 27.4. The van der Waals surface area contributed by atoms with Crippen molar-refractivity contribution in [3.63, 3.8) is 0 Å². The normalized spacial score (nSPS) is 28.0. The Hall–Kier alpha value is -1.14. The fourth-order valence-electron chi connectivity index (χ4n) is 3.57. The maximum absolute atomic E-state index is 12.1. The Morgan fingerprint density at radius 2 is 1.76 bits per heavy atom. The average Bonchev–Trinajstić information content (AvgIpc) is 3.18. The zero-order valence-corrected chi connectivity index (χ0v) is 12.5. The van der Waals surface area contributed by atoms with E-state index in [1.165, 1.54) is 12.8 Å². The monoisotopic (exact) mass is 295 g/mol. The summed E-state index contributed by atoms with van der Waals surface area (Å²) >= 11 is 0. The van der Waals surface area contributed by atoms with Crippen molar-refractivity contribution in [1.29, 1.82) is 0 Å². The van der Waals surface area contributed by atoms with Crippen LogP contribution >= 0.6 is 0 Å². The molecule has 0 bridgehead atoms. The van der Waals surface area contributed by atoms with Gasteiger partial charge in [0.05, 0.1) is 6.54 Å². The maximum Gasteiger partial charge on any atom is 0.320 e. The molecule has 1 unspecified atom stereocenters. The number of carboxylic acid groups (broad SMARTS) is 1. The first kappa shape index (κ1) is 14.8. The van der Waals surface area contributed by atoms with E-state index in [0.717, 1.165) is 45.3 Å². The lowest BCUT2D eigenvalue weighted by Gasteiger charge is -2.38. The van der Waals surface area contributed by atoms with Crippen molar-refractivity contribution in [2.45, 2.75) is 56.7 Å². The van der Waals surface area contributed by atoms with Gasteiger partial charge in [0, 0.05) is 25.2 Å². The molecule has 3 rings (SSSR count). The van der Waals surface area contributed by atoms with Crippen molar-refractivity contribution in [3.05, 3.63) is 0 Å². The Kier molecular flexibility index (Phi) is 4.45. The van der Waals surface area contributed by atoms with Gasteiger partial charge in [-0.25, -0.2) is 0 Å². The van der Waals surface area contributed by atoms with Crippen LogP contribution in [0.3, 0.4) is 0 Å². The Balaban J connectivity index is 1.45. The van der Waals surface area contributed by atoms with Crippen molar-refractivity contribution >= 4 is 11.9 Å². The van der Waals surface area contributed by atoms with Gasteiger partial charge in [0.2, 0.25) is 5.91 Å². The van der Waals surface area contributed by atoms with Crippen LogP contribution in [0.25, 0.3) is 0 Å². The van der Waals surface area contributed by atoms with Crippen molar-refractivity contribution in [3.8, 4) is 0 Å². The molecule has 2 N–H and O–H groups in total.